The Bertz CT molecular complexity index is 2060. The van der Waals surface area contributed by atoms with Gasteiger partial charge in [-0.2, -0.15) is 0 Å². The minimum absolute atomic E-state index is 0.345. The van der Waals surface area contributed by atoms with Crippen molar-refractivity contribution in [2.45, 2.75) is 66.3 Å². The van der Waals surface area contributed by atoms with E-state index in [0.717, 1.165) is 70.6 Å². The van der Waals surface area contributed by atoms with Crippen LogP contribution in [0, 0.1) is 13.8 Å². The van der Waals surface area contributed by atoms with Gasteiger partial charge in [0.05, 0.1) is 16.7 Å². The van der Waals surface area contributed by atoms with Crippen LogP contribution in [0.1, 0.15) is 72.9 Å². The summed E-state index contributed by atoms with van der Waals surface area (Å²) >= 11 is 0. The zero-order valence-corrected chi connectivity index (χ0v) is 31.1. The summed E-state index contributed by atoms with van der Waals surface area (Å²) in [5.41, 5.74) is 11.9. The molecule has 0 unspecified atom stereocenters. The fourth-order valence-electron chi connectivity index (χ4n) is 7.54. The Morgan fingerprint density at radius 2 is 1.14 bits per heavy atom. The highest BCUT2D eigenvalue weighted by Gasteiger charge is 2.21. The van der Waals surface area contributed by atoms with E-state index in [0.29, 0.717) is 29.9 Å². The van der Waals surface area contributed by atoms with Gasteiger partial charge in [0.2, 0.25) is 0 Å². The van der Waals surface area contributed by atoms with Crippen molar-refractivity contribution < 1.29 is 10.2 Å². The Morgan fingerprint density at radius 3 is 1.74 bits per heavy atom. The molecule has 5 nitrogen and oxygen atoms in total. The molecule has 5 heteroatoms. The molecule has 50 heavy (non-hydrogen) atoms. The van der Waals surface area contributed by atoms with E-state index in [1.54, 1.807) is 0 Å². The number of nitrogens with zero attached hydrogens (tertiary/aromatic N) is 3. The number of hydrogen-bond acceptors (Lipinski definition) is 4. The Labute approximate surface area is 298 Å². The van der Waals surface area contributed by atoms with E-state index in [4.69, 9.17) is 0 Å². The number of likely N-dealkylation sites (N-methyl/N-ethyl adjacent to an activating group) is 2. The third kappa shape index (κ3) is 7.03. The van der Waals surface area contributed by atoms with Crippen molar-refractivity contribution in [2.24, 2.45) is 0 Å². The number of fused-ring (bicyclic) bond motifs is 3. The molecule has 0 spiro atoms. The number of aromatic hydroxyl groups is 2. The van der Waals surface area contributed by atoms with Gasteiger partial charge in [-0.15, -0.1) is 0 Å². The van der Waals surface area contributed by atoms with E-state index in [1.807, 2.05) is 0 Å². The first-order valence-corrected chi connectivity index (χ1v) is 18.1. The van der Waals surface area contributed by atoms with Crippen LogP contribution in [0.2, 0.25) is 0 Å². The second-order valence-corrected chi connectivity index (χ2v) is 14.9. The minimum atomic E-state index is 0.345. The number of phenols is 2. The molecule has 0 bridgehead atoms. The molecule has 0 saturated heterocycles. The van der Waals surface area contributed by atoms with E-state index in [1.165, 1.54) is 27.5 Å². The molecule has 0 radical (unpaired) electrons. The van der Waals surface area contributed by atoms with Gasteiger partial charge in [-0.3, -0.25) is 0 Å². The number of rotatable bonds is 12. The maximum Gasteiger partial charge on any atom is 0.142 e. The van der Waals surface area contributed by atoms with Gasteiger partial charge in [0, 0.05) is 48.1 Å². The summed E-state index contributed by atoms with van der Waals surface area (Å²) in [5, 5.41) is 25.8. The van der Waals surface area contributed by atoms with Crippen molar-refractivity contribution >= 4 is 21.8 Å². The zero-order valence-electron chi connectivity index (χ0n) is 31.1. The molecule has 1 heterocycles. The van der Waals surface area contributed by atoms with Crippen LogP contribution in [0.3, 0.4) is 0 Å². The van der Waals surface area contributed by atoms with Crippen molar-refractivity contribution in [1.82, 2.24) is 14.4 Å². The predicted octanol–water partition coefficient (Wildman–Crippen LogP) is 10.3. The molecule has 6 rings (SSSR count). The van der Waals surface area contributed by atoms with Gasteiger partial charge < -0.3 is 24.6 Å². The quantitative estimate of drug-likeness (QED) is 0.136. The largest absolute Gasteiger partial charge is 0.507 e. The van der Waals surface area contributed by atoms with Crippen LogP contribution in [-0.4, -0.2) is 58.3 Å². The molecule has 5 aromatic carbocycles. The molecule has 0 aliphatic rings. The summed E-state index contributed by atoms with van der Waals surface area (Å²) in [4.78, 5) is 4.62. The highest BCUT2D eigenvalue weighted by molar-refractivity contribution is 6.09. The first-order chi connectivity index (χ1) is 23.9. The maximum atomic E-state index is 11.7. The van der Waals surface area contributed by atoms with Crippen molar-refractivity contribution in [3.05, 3.63) is 124 Å². The fraction of sp³-hybridized carbons (Fsp3) is 0.333. The maximum absolute atomic E-state index is 11.7. The van der Waals surface area contributed by atoms with Crippen LogP contribution in [0.4, 0.5) is 0 Å². The highest BCUT2D eigenvalue weighted by Crippen LogP contribution is 2.42. The lowest BCUT2D eigenvalue weighted by molar-refractivity contribution is 0.251. The third-order valence-electron chi connectivity index (χ3n) is 10.2. The van der Waals surface area contributed by atoms with Gasteiger partial charge in [0.1, 0.15) is 11.5 Å². The molecular weight excluding hydrogens is 615 g/mol. The standard InChI is InChI=1S/C45H53N3O2/c1-29(2)35-16-13-17-36(30(3)4)43(35)39-26-31(5)25-34(44(39)49)28-47(8)23-22-46(7)21-20-33-24-32(6)27-42(45(33)50)48-40-18-11-9-14-37(40)38-15-10-12-19-41(38)48/h9-19,24-27,29-30,49-50H,20-23,28H2,1-8H3. The molecule has 1 aromatic heterocycles. The lowest BCUT2D eigenvalue weighted by atomic mass is 9.83. The van der Waals surface area contributed by atoms with E-state index < -0.39 is 0 Å². The number of aromatic nitrogens is 1. The first-order valence-electron chi connectivity index (χ1n) is 18.1. The van der Waals surface area contributed by atoms with Gasteiger partial charge in [-0.25, -0.2) is 0 Å². The van der Waals surface area contributed by atoms with Gasteiger partial charge in [0.15, 0.2) is 0 Å². The zero-order chi connectivity index (χ0) is 35.7. The highest BCUT2D eigenvalue weighted by atomic mass is 16.3. The van der Waals surface area contributed by atoms with E-state index >= 15 is 0 Å². The van der Waals surface area contributed by atoms with E-state index in [2.05, 4.69) is 161 Å². The van der Waals surface area contributed by atoms with Crippen LogP contribution in [-0.2, 0) is 13.0 Å². The van der Waals surface area contributed by atoms with Crippen LogP contribution in [0.15, 0.2) is 91.0 Å². The first kappa shape index (κ1) is 35.3. The molecule has 260 valence electrons. The lowest BCUT2D eigenvalue weighted by Crippen LogP contribution is -2.31. The van der Waals surface area contributed by atoms with Gasteiger partial charge in [0.25, 0.3) is 0 Å². The molecule has 6 aromatic rings. The number of benzene rings is 5. The SMILES string of the molecule is Cc1cc(CN(C)CCN(C)CCc2cc(C)cc(-n3c4ccccc4c4ccccc43)c2O)c(O)c(-c2c(C(C)C)cccc2C(C)C)c1. The normalized spacial score (nSPS) is 12.1. The number of phenolic OH excluding ortho intramolecular Hbond substituents is 2. The summed E-state index contributed by atoms with van der Waals surface area (Å²) in [6.45, 7) is 16.4. The number of hydrogen-bond donors (Lipinski definition) is 2. The summed E-state index contributed by atoms with van der Waals surface area (Å²) in [7, 11) is 4.27. The van der Waals surface area contributed by atoms with Gasteiger partial charge >= 0.3 is 0 Å². The Balaban J connectivity index is 1.16. The summed E-state index contributed by atoms with van der Waals surface area (Å²) in [6, 6.07) is 31.9. The van der Waals surface area contributed by atoms with Crippen molar-refractivity contribution in [2.75, 3.05) is 33.7 Å². The monoisotopic (exact) mass is 667 g/mol. The minimum Gasteiger partial charge on any atom is -0.507 e. The topological polar surface area (TPSA) is 51.9 Å². The molecule has 0 fully saturated rings. The van der Waals surface area contributed by atoms with Crippen LogP contribution in [0.5, 0.6) is 11.5 Å². The van der Waals surface area contributed by atoms with E-state index in [9.17, 15) is 10.2 Å². The number of para-hydroxylation sites is 2. The van der Waals surface area contributed by atoms with Crippen molar-refractivity contribution in [3.8, 4) is 28.3 Å². The molecule has 0 amide bonds. The number of aryl methyl sites for hydroxylation is 2. The Kier molecular flexibility index (Phi) is 10.4. The van der Waals surface area contributed by atoms with Crippen molar-refractivity contribution in [1.29, 1.82) is 0 Å². The van der Waals surface area contributed by atoms with Crippen molar-refractivity contribution in [3.63, 3.8) is 0 Å². The summed E-state index contributed by atoms with van der Waals surface area (Å²) in [6.07, 6.45) is 0.743. The lowest BCUT2D eigenvalue weighted by Gasteiger charge is -2.25. The molecular formula is C45H53N3O2. The predicted molar refractivity (Wildman–Crippen MR) is 211 cm³/mol. The average molecular weight is 668 g/mol. The fourth-order valence-corrected chi connectivity index (χ4v) is 7.54. The molecule has 0 aliphatic carbocycles. The second-order valence-electron chi connectivity index (χ2n) is 14.9. The summed E-state index contributed by atoms with van der Waals surface area (Å²) in [5.74, 6) is 1.44. The third-order valence-corrected chi connectivity index (χ3v) is 10.2. The van der Waals surface area contributed by atoms with E-state index in [-0.39, 0.29) is 0 Å². The molecule has 0 atom stereocenters. The van der Waals surface area contributed by atoms with Gasteiger partial charge in [-0.05, 0) is 104 Å². The summed E-state index contributed by atoms with van der Waals surface area (Å²) < 4.78 is 2.20. The molecule has 2 N–H and O–H groups in total. The Morgan fingerprint density at radius 1 is 0.600 bits per heavy atom. The molecule has 0 aliphatic heterocycles. The Hall–Kier alpha value is -4.58. The van der Waals surface area contributed by atoms with Crippen LogP contribution >= 0.6 is 0 Å². The van der Waals surface area contributed by atoms with Crippen LogP contribution in [0.25, 0.3) is 38.6 Å². The van der Waals surface area contributed by atoms with Crippen LogP contribution < -0.4 is 0 Å². The average Bonchev–Trinajstić information content (AvgIpc) is 3.42. The smallest absolute Gasteiger partial charge is 0.142 e. The molecule has 0 saturated carbocycles. The second kappa shape index (κ2) is 14.7. The van der Waals surface area contributed by atoms with Gasteiger partial charge in [-0.1, -0.05) is 94.4 Å².